The maximum absolute atomic E-state index is 14.2. The van der Waals surface area contributed by atoms with Gasteiger partial charge in [0.2, 0.25) is 5.91 Å². The maximum Gasteiger partial charge on any atom is 0.313 e. The molecule has 2 fully saturated rings. The summed E-state index contributed by atoms with van der Waals surface area (Å²) in [6.45, 7) is 5.94. The van der Waals surface area contributed by atoms with Gasteiger partial charge in [-0.3, -0.25) is 14.4 Å². The quantitative estimate of drug-likeness (QED) is 0.526. The molecule has 0 aromatic heterocycles. The highest BCUT2D eigenvalue weighted by molar-refractivity contribution is 6.06. The van der Waals surface area contributed by atoms with E-state index < -0.39 is 35.0 Å². The molecule has 0 saturated carbocycles. The largest absolute Gasteiger partial charge is 0.465 e. The third-order valence-electron chi connectivity index (χ3n) is 7.75. The fraction of sp³-hybridized carbons (Fsp3) is 0.519. The Bertz CT molecular complexity index is 1130. The third-order valence-corrected chi connectivity index (χ3v) is 7.75. The molecule has 2 saturated heterocycles. The van der Waals surface area contributed by atoms with Gasteiger partial charge in [-0.25, -0.2) is 0 Å². The lowest BCUT2D eigenvalue weighted by Gasteiger charge is -2.37. The van der Waals surface area contributed by atoms with Crippen LogP contribution in [0.25, 0.3) is 0 Å². The van der Waals surface area contributed by atoms with Crippen molar-refractivity contribution in [3.05, 3.63) is 53.6 Å². The highest BCUT2D eigenvalue weighted by Crippen LogP contribution is 2.57. The van der Waals surface area contributed by atoms with Crippen LogP contribution in [0.5, 0.6) is 0 Å². The van der Waals surface area contributed by atoms with Gasteiger partial charge in [-0.2, -0.15) is 0 Å². The summed E-state index contributed by atoms with van der Waals surface area (Å²) in [4.78, 5) is 44.5. The van der Waals surface area contributed by atoms with Crippen LogP contribution in [0.3, 0.4) is 0 Å². The van der Waals surface area contributed by atoms with Gasteiger partial charge >= 0.3 is 5.97 Å². The second kappa shape index (κ2) is 8.60. The zero-order chi connectivity index (χ0) is 25.0. The number of β-amino-alcohol motifs (C(OH)–C–C–N with tert-alkyl or cyclic N) is 1. The molecule has 8 nitrogen and oxygen atoms in total. The van der Waals surface area contributed by atoms with Gasteiger partial charge in [0.05, 0.1) is 24.7 Å². The van der Waals surface area contributed by atoms with E-state index in [0.717, 1.165) is 23.2 Å². The summed E-state index contributed by atoms with van der Waals surface area (Å²) >= 11 is 0. The van der Waals surface area contributed by atoms with Gasteiger partial charge in [0.15, 0.2) is 0 Å². The molecule has 1 unspecified atom stereocenters. The monoisotopic (exact) mass is 480 g/mol. The van der Waals surface area contributed by atoms with E-state index in [1.165, 1.54) is 4.90 Å². The number of fused-ring (bicyclic) bond motifs is 2. The van der Waals surface area contributed by atoms with Gasteiger partial charge in [0, 0.05) is 18.8 Å². The lowest BCUT2D eigenvalue weighted by atomic mass is 9.74. The first-order chi connectivity index (χ1) is 16.7. The molecule has 5 atom stereocenters. The average molecular weight is 481 g/mol. The highest BCUT2D eigenvalue weighted by atomic mass is 16.6. The summed E-state index contributed by atoms with van der Waals surface area (Å²) in [6, 6.07) is 4.90. The molecule has 1 aromatic rings. The SMILES string of the molecule is Cc1ccc(C)c(N2CC=C[C@]34O[C@]5(C)/C=C\CCCOC(=O)[C@@H]5[C@H]3C(=O)N(CCO)C4C2=O)c1. The molecule has 35 heavy (non-hydrogen) atoms. The number of carbonyl (C=O) groups excluding carboxylic acids is 3. The lowest BCUT2D eigenvalue weighted by Crippen LogP contribution is -2.56. The molecule has 4 aliphatic rings. The first-order valence-electron chi connectivity index (χ1n) is 12.3. The number of nitrogens with zero attached hydrogens (tertiary/aromatic N) is 2. The van der Waals surface area contributed by atoms with Crippen molar-refractivity contribution < 1.29 is 29.0 Å². The summed E-state index contributed by atoms with van der Waals surface area (Å²) in [5.41, 5.74) is 0.262. The standard InChI is InChI=1S/C27H32N2O6/c1-17-8-9-18(2)19(16-17)28-12-7-11-27-20(23(31)29(13-14-30)22(27)24(28)32)21-25(33)34-15-6-4-5-10-26(21,3)35-27/h5,7-11,16,20-22,30H,4,6,12-15H2,1-3H3/b10-5-/t20-,21-,22?,26+,27-/m0/s1. The summed E-state index contributed by atoms with van der Waals surface area (Å²) in [6.07, 6.45) is 8.88. The van der Waals surface area contributed by atoms with Crippen LogP contribution in [0.15, 0.2) is 42.5 Å². The Balaban J connectivity index is 1.66. The number of allylic oxidation sites excluding steroid dienone is 1. The van der Waals surface area contributed by atoms with E-state index in [2.05, 4.69) is 0 Å². The van der Waals surface area contributed by atoms with Crippen molar-refractivity contribution in [2.45, 2.75) is 50.9 Å². The maximum atomic E-state index is 14.2. The molecular weight excluding hydrogens is 448 g/mol. The van der Waals surface area contributed by atoms with E-state index in [1.807, 2.05) is 50.3 Å². The van der Waals surface area contributed by atoms with Gasteiger partial charge in [-0.1, -0.05) is 36.4 Å². The topological polar surface area (TPSA) is 96.4 Å². The third kappa shape index (κ3) is 3.53. The van der Waals surface area contributed by atoms with E-state index in [1.54, 1.807) is 17.9 Å². The Morgan fingerprint density at radius 3 is 2.66 bits per heavy atom. The van der Waals surface area contributed by atoms with Crippen LogP contribution in [0.1, 0.15) is 30.9 Å². The molecule has 5 rings (SSSR count). The van der Waals surface area contributed by atoms with Crippen LogP contribution in [-0.2, 0) is 23.9 Å². The van der Waals surface area contributed by atoms with Crippen molar-refractivity contribution >= 4 is 23.5 Å². The molecule has 0 aliphatic carbocycles. The normalized spacial score (nSPS) is 35.4. The first-order valence-corrected chi connectivity index (χ1v) is 12.3. The number of aliphatic hydroxyl groups excluding tert-OH is 1. The van der Waals surface area contributed by atoms with E-state index in [-0.39, 0.29) is 31.6 Å². The summed E-state index contributed by atoms with van der Waals surface area (Å²) in [5.74, 6) is -2.99. The number of aryl methyl sites for hydroxylation is 2. The van der Waals surface area contributed by atoms with Crippen LogP contribution in [0, 0.1) is 25.7 Å². The number of hydrogen-bond donors (Lipinski definition) is 1. The minimum absolute atomic E-state index is 0.0281. The van der Waals surface area contributed by atoms with E-state index in [4.69, 9.17) is 9.47 Å². The Morgan fingerprint density at radius 1 is 1.09 bits per heavy atom. The van der Waals surface area contributed by atoms with Crippen LogP contribution < -0.4 is 4.90 Å². The number of carbonyl (C=O) groups is 3. The van der Waals surface area contributed by atoms with Gasteiger partial charge in [-0.15, -0.1) is 0 Å². The Morgan fingerprint density at radius 2 is 1.89 bits per heavy atom. The molecule has 2 amide bonds. The molecule has 1 spiro atoms. The average Bonchev–Trinajstić information content (AvgIpc) is 3.15. The number of amides is 2. The first kappa shape index (κ1) is 23.8. The molecule has 0 radical (unpaired) electrons. The number of cyclic esters (lactones) is 1. The number of esters is 1. The van der Waals surface area contributed by atoms with Crippen molar-refractivity contribution in [1.82, 2.24) is 4.90 Å². The van der Waals surface area contributed by atoms with Crippen LogP contribution in [0.2, 0.25) is 0 Å². The molecule has 0 bridgehead atoms. The molecule has 4 heterocycles. The molecule has 1 aromatic carbocycles. The van der Waals surface area contributed by atoms with Gasteiger partial charge < -0.3 is 24.4 Å². The van der Waals surface area contributed by atoms with Crippen molar-refractivity contribution in [1.29, 1.82) is 0 Å². The molecule has 4 aliphatic heterocycles. The van der Waals surface area contributed by atoms with E-state index in [9.17, 15) is 19.5 Å². The zero-order valence-electron chi connectivity index (χ0n) is 20.4. The predicted octanol–water partition coefficient (Wildman–Crippen LogP) is 2.06. The number of anilines is 1. The van der Waals surface area contributed by atoms with Crippen molar-refractivity contribution in [3.63, 3.8) is 0 Å². The fourth-order valence-corrected chi connectivity index (χ4v) is 6.21. The fourth-order valence-electron chi connectivity index (χ4n) is 6.21. The number of hydrogen-bond acceptors (Lipinski definition) is 6. The lowest BCUT2D eigenvalue weighted by molar-refractivity contribution is -0.158. The number of rotatable bonds is 3. The van der Waals surface area contributed by atoms with Gasteiger partial charge in [-0.05, 0) is 50.8 Å². The molecular formula is C27H32N2O6. The summed E-state index contributed by atoms with van der Waals surface area (Å²) in [5, 5.41) is 9.79. The van der Waals surface area contributed by atoms with E-state index in [0.29, 0.717) is 13.0 Å². The number of benzene rings is 1. The number of ether oxygens (including phenoxy) is 2. The van der Waals surface area contributed by atoms with Gasteiger partial charge in [0.25, 0.3) is 5.91 Å². The molecule has 1 N–H and O–H groups in total. The van der Waals surface area contributed by atoms with Crippen LogP contribution in [-0.4, -0.2) is 71.3 Å². The Labute approximate surface area is 205 Å². The summed E-state index contributed by atoms with van der Waals surface area (Å²) < 4.78 is 12.2. The van der Waals surface area contributed by atoms with Gasteiger partial charge in [0.1, 0.15) is 17.6 Å². The van der Waals surface area contributed by atoms with Crippen LogP contribution in [0.4, 0.5) is 5.69 Å². The van der Waals surface area contributed by atoms with E-state index >= 15 is 0 Å². The second-order valence-corrected chi connectivity index (χ2v) is 10.1. The predicted molar refractivity (Wildman–Crippen MR) is 129 cm³/mol. The number of likely N-dealkylation sites (tertiary alicyclic amines) is 1. The number of aliphatic hydroxyl groups is 1. The van der Waals surface area contributed by atoms with Crippen molar-refractivity contribution in [2.75, 3.05) is 31.2 Å². The Kier molecular flexibility index (Phi) is 5.84. The van der Waals surface area contributed by atoms with Crippen molar-refractivity contribution in [3.8, 4) is 0 Å². The second-order valence-electron chi connectivity index (χ2n) is 10.1. The molecule has 8 heteroatoms. The minimum Gasteiger partial charge on any atom is -0.465 e. The highest BCUT2D eigenvalue weighted by Gasteiger charge is 2.74. The van der Waals surface area contributed by atoms with Crippen molar-refractivity contribution in [2.24, 2.45) is 11.8 Å². The Hall–Kier alpha value is -2.97. The minimum atomic E-state index is -1.35. The molecule has 186 valence electrons. The smallest absolute Gasteiger partial charge is 0.313 e. The zero-order valence-corrected chi connectivity index (χ0v) is 20.4. The van der Waals surface area contributed by atoms with Crippen LogP contribution >= 0.6 is 0 Å². The summed E-state index contributed by atoms with van der Waals surface area (Å²) in [7, 11) is 0.